The first kappa shape index (κ1) is 18.0. The van der Waals surface area contributed by atoms with Gasteiger partial charge in [0.2, 0.25) is 5.91 Å². The predicted molar refractivity (Wildman–Crippen MR) is 91.5 cm³/mol. The van der Waals surface area contributed by atoms with Gasteiger partial charge in [0, 0.05) is 12.6 Å². The van der Waals surface area contributed by atoms with Crippen molar-refractivity contribution in [3.05, 3.63) is 56.4 Å². The second kappa shape index (κ2) is 7.94. The number of amides is 2. The van der Waals surface area contributed by atoms with Gasteiger partial charge in [-0.3, -0.25) is 14.4 Å². The number of anilines is 1. The van der Waals surface area contributed by atoms with Gasteiger partial charge in [-0.1, -0.05) is 29.3 Å². The van der Waals surface area contributed by atoms with E-state index in [-0.39, 0.29) is 24.5 Å². The topological polar surface area (TPSA) is 95.2 Å². The first-order chi connectivity index (χ1) is 11.4. The van der Waals surface area contributed by atoms with Gasteiger partial charge in [-0.15, -0.1) is 0 Å². The normalized spacial score (nSPS) is 10.3. The minimum atomic E-state index is -0.478. The van der Waals surface area contributed by atoms with Crippen LogP contribution in [0.4, 0.5) is 5.69 Å². The van der Waals surface area contributed by atoms with E-state index in [1.54, 1.807) is 25.1 Å². The Balaban J connectivity index is 2.09. The van der Waals surface area contributed by atoms with Gasteiger partial charge in [0.05, 0.1) is 15.7 Å². The van der Waals surface area contributed by atoms with E-state index >= 15 is 0 Å². The summed E-state index contributed by atoms with van der Waals surface area (Å²) in [5.41, 5.74) is -0.0859. The molecule has 0 aliphatic rings. The van der Waals surface area contributed by atoms with Crippen LogP contribution in [-0.4, -0.2) is 40.0 Å². The van der Waals surface area contributed by atoms with Gasteiger partial charge in [-0.25, -0.2) is 5.10 Å². The number of halogens is 2. The molecular weight excluding hydrogens is 355 g/mol. The smallest absolute Gasteiger partial charge is 0.274 e. The Morgan fingerprint density at radius 2 is 1.88 bits per heavy atom. The van der Waals surface area contributed by atoms with E-state index in [0.717, 1.165) is 0 Å². The zero-order valence-corrected chi connectivity index (χ0v) is 14.2. The monoisotopic (exact) mass is 368 g/mol. The van der Waals surface area contributed by atoms with Crippen LogP contribution in [0.1, 0.15) is 17.4 Å². The average molecular weight is 369 g/mol. The lowest BCUT2D eigenvalue weighted by molar-refractivity contribution is -0.116. The van der Waals surface area contributed by atoms with Gasteiger partial charge in [0.1, 0.15) is 12.2 Å². The summed E-state index contributed by atoms with van der Waals surface area (Å²) in [7, 11) is 0. The standard InChI is InChI=1S/C15H14Cl2N4O3/c1-2-21(15(24)11-6-7-12(22)20-19-11)8-13(23)18-14-9(16)4-3-5-10(14)17/h3-7H,2,8H2,1H3,(H,18,23)(H,20,22). The minimum Gasteiger partial charge on any atom is -0.328 e. The number of H-pyrrole nitrogens is 1. The number of para-hydroxylation sites is 1. The SMILES string of the molecule is CCN(CC(=O)Nc1c(Cl)cccc1Cl)C(=O)c1ccc(=O)[nH]n1. The van der Waals surface area contributed by atoms with E-state index in [0.29, 0.717) is 10.0 Å². The maximum atomic E-state index is 12.3. The molecule has 0 spiro atoms. The zero-order chi connectivity index (χ0) is 17.7. The van der Waals surface area contributed by atoms with Crippen LogP contribution >= 0.6 is 23.2 Å². The van der Waals surface area contributed by atoms with Gasteiger partial charge in [-0.05, 0) is 25.1 Å². The molecule has 0 fully saturated rings. The highest BCUT2D eigenvalue weighted by Crippen LogP contribution is 2.29. The van der Waals surface area contributed by atoms with Crippen molar-refractivity contribution in [3.63, 3.8) is 0 Å². The van der Waals surface area contributed by atoms with Crippen molar-refractivity contribution in [2.24, 2.45) is 0 Å². The average Bonchev–Trinajstić information content (AvgIpc) is 2.56. The molecule has 0 atom stereocenters. The number of carbonyl (C=O) groups excluding carboxylic acids is 2. The fourth-order valence-electron chi connectivity index (χ4n) is 1.92. The molecule has 126 valence electrons. The van der Waals surface area contributed by atoms with Crippen LogP contribution in [0.15, 0.2) is 35.1 Å². The van der Waals surface area contributed by atoms with Crippen LogP contribution in [0.25, 0.3) is 0 Å². The molecule has 2 rings (SSSR count). The zero-order valence-electron chi connectivity index (χ0n) is 12.7. The van der Waals surface area contributed by atoms with E-state index < -0.39 is 17.4 Å². The summed E-state index contributed by atoms with van der Waals surface area (Å²) >= 11 is 12.0. The number of carbonyl (C=O) groups is 2. The maximum absolute atomic E-state index is 12.3. The van der Waals surface area contributed by atoms with Crippen molar-refractivity contribution in [1.82, 2.24) is 15.1 Å². The lowest BCUT2D eigenvalue weighted by atomic mass is 10.3. The van der Waals surface area contributed by atoms with Crippen molar-refractivity contribution < 1.29 is 9.59 Å². The van der Waals surface area contributed by atoms with Crippen LogP contribution in [0.3, 0.4) is 0 Å². The molecule has 0 aliphatic heterocycles. The van der Waals surface area contributed by atoms with Crippen LogP contribution in [-0.2, 0) is 4.79 Å². The van der Waals surface area contributed by atoms with Crippen molar-refractivity contribution in [2.45, 2.75) is 6.92 Å². The first-order valence-corrected chi connectivity index (χ1v) is 7.76. The number of hydrogen-bond donors (Lipinski definition) is 2. The number of hydrogen-bond acceptors (Lipinski definition) is 4. The Labute approximate surface area is 147 Å². The summed E-state index contributed by atoms with van der Waals surface area (Å²) < 4.78 is 0. The number of likely N-dealkylation sites (N-methyl/N-ethyl adjacent to an activating group) is 1. The number of rotatable bonds is 5. The Morgan fingerprint density at radius 1 is 1.21 bits per heavy atom. The molecule has 1 aromatic carbocycles. The molecule has 2 N–H and O–H groups in total. The van der Waals surface area contributed by atoms with Gasteiger partial charge in [0.25, 0.3) is 11.5 Å². The summed E-state index contributed by atoms with van der Waals surface area (Å²) in [6, 6.07) is 7.33. The van der Waals surface area contributed by atoms with Crippen LogP contribution < -0.4 is 10.9 Å². The summed E-state index contributed by atoms with van der Waals surface area (Å²) in [5.74, 6) is -0.932. The molecule has 0 radical (unpaired) electrons. The van der Waals surface area contributed by atoms with Crippen molar-refractivity contribution in [1.29, 1.82) is 0 Å². The highest BCUT2D eigenvalue weighted by atomic mass is 35.5. The molecule has 1 heterocycles. The van der Waals surface area contributed by atoms with Crippen molar-refractivity contribution in [2.75, 3.05) is 18.4 Å². The van der Waals surface area contributed by atoms with Crippen LogP contribution in [0.2, 0.25) is 10.0 Å². The lowest BCUT2D eigenvalue weighted by Crippen LogP contribution is -2.38. The number of aromatic amines is 1. The maximum Gasteiger partial charge on any atom is 0.274 e. The number of aromatic nitrogens is 2. The summed E-state index contributed by atoms with van der Waals surface area (Å²) in [6.45, 7) is 1.79. The third-order valence-corrected chi connectivity index (χ3v) is 3.76. The fourth-order valence-corrected chi connectivity index (χ4v) is 2.41. The van der Waals surface area contributed by atoms with Crippen LogP contribution in [0, 0.1) is 0 Å². The van der Waals surface area contributed by atoms with Crippen molar-refractivity contribution >= 4 is 40.7 Å². The molecule has 2 aromatic rings. The quantitative estimate of drug-likeness (QED) is 0.845. The molecule has 2 amide bonds. The van der Waals surface area contributed by atoms with Gasteiger partial charge < -0.3 is 10.2 Å². The van der Waals surface area contributed by atoms with E-state index in [1.165, 1.54) is 17.0 Å². The molecule has 0 aliphatic carbocycles. The van der Waals surface area contributed by atoms with Gasteiger partial charge in [-0.2, -0.15) is 5.10 Å². The molecule has 0 saturated heterocycles. The van der Waals surface area contributed by atoms with E-state index in [4.69, 9.17) is 23.2 Å². The Kier molecular flexibility index (Phi) is 5.94. The molecule has 0 bridgehead atoms. The summed E-state index contributed by atoms with van der Waals surface area (Å²) in [6.07, 6.45) is 0. The predicted octanol–water partition coefficient (Wildman–Crippen LogP) is 2.18. The minimum absolute atomic E-state index is 0.0417. The van der Waals surface area contributed by atoms with E-state index in [1.807, 2.05) is 0 Å². The second-order valence-electron chi connectivity index (χ2n) is 4.77. The van der Waals surface area contributed by atoms with Crippen LogP contribution in [0.5, 0.6) is 0 Å². The first-order valence-electron chi connectivity index (χ1n) is 7.01. The molecular formula is C15H14Cl2N4O3. The largest absolute Gasteiger partial charge is 0.328 e. The van der Waals surface area contributed by atoms with E-state index in [9.17, 15) is 14.4 Å². The second-order valence-corrected chi connectivity index (χ2v) is 5.58. The molecule has 0 unspecified atom stereocenters. The Hall–Kier alpha value is -2.38. The fraction of sp³-hybridized carbons (Fsp3) is 0.200. The molecule has 0 saturated carbocycles. The Bertz CT molecular complexity index is 782. The molecule has 1 aromatic heterocycles. The number of nitrogens with zero attached hydrogens (tertiary/aromatic N) is 2. The van der Waals surface area contributed by atoms with Crippen molar-refractivity contribution in [3.8, 4) is 0 Å². The number of benzene rings is 1. The highest BCUT2D eigenvalue weighted by molar-refractivity contribution is 6.39. The third kappa shape index (κ3) is 4.33. The molecule has 24 heavy (non-hydrogen) atoms. The summed E-state index contributed by atoms with van der Waals surface area (Å²) in [4.78, 5) is 36.8. The Morgan fingerprint density at radius 3 is 2.42 bits per heavy atom. The lowest BCUT2D eigenvalue weighted by Gasteiger charge is -2.20. The van der Waals surface area contributed by atoms with Gasteiger partial charge >= 0.3 is 0 Å². The highest BCUT2D eigenvalue weighted by Gasteiger charge is 2.19. The van der Waals surface area contributed by atoms with Gasteiger partial charge in [0.15, 0.2) is 0 Å². The third-order valence-electron chi connectivity index (χ3n) is 3.13. The molecule has 7 nitrogen and oxygen atoms in total. The molecule has 9 heteroatoms. The van der Waals surface area contributed by atoms with E-state index in [2.05, 4.69) is 15.5 Å². The summed E-state index contributed by atoms with van der Waals surface area (Å²) in [5, 5.41) is 9.02. The number of nitrogens with one attached hydrogen (secondary N) is 2.